The second-order valence-corrected chi connectivity index (χ2v) is 9.41. The number of rotatable bonds is 7. The molecule has 0 atom stereocenters. The van der Waals surface area contributed by atoms with Crippen molar-refractivity contribution >= 4 is 52.6 Å². The van der Waals surface area contributed by atoms with E-state index in [1.54, 1.807) is 7.11 Å². The summed E-state index contributed by atoms with van der Waals surface area (Å²) in [6.07, 6.45) is 2.95. The number of carbonyl (C=O) groups excluding carboxylic acids is 1. The van der Waals surface area contributed by atoms with Gasteiger partial charge in [-0.3, -0.25) is 9.78 Å². The maximum Gasteiger partial charge on any atom is 0.235 e. The highest BCUT2D eigenvalue weighted by atomic mass is 35.5. The Hall–Kier alpha value is -2.66. The van der Waals surface area contributed by atoms with Gasteiger partial charge < -0.3 is 25.2 Å². The topological polar surface area (TPSA) is 95.5 Å². The number of anilines is 2. The van der Waals surface area contributed by atoms with Crippen LogP contribution in [-0.2, 0) is 11.3 Å². The van der Waals surface area contributed by atoms with E-state index in [2.05, 4.69) is 41.5 Å². The van der Waals surface area contributed by atoms with Crippen molar-refractivity contribution in [2.75, 3.05) is 62.3 Å². The van der Waals surface area contributed by atoms with Crippen molar-refractivity contribution in [2.45, 2.75) is 17.9 Å². The first-order valence-electron chi connectivity index (χ1n) is 11.6. The van der Waals surface area contributed by atoms with E-state index in [0.29, 0.717) is 24.0 Å². The molecule has 35 heavy (non-hydrogen) atoms. The number of aromatic nitrogens is 3. The van der Waals surface area contributed by atoms with Crippen LogP contribution in [0.2, 0.25) is 0 Å². The normalized spacial score (nSPS) is 16.3. The Morgan fingerprint density at radius 1 is 1.11 bits per heavy atom. The molecule has 0 aromatic carbocycles. The number of hydrogen-bond donors (Lipinski definition) is 2. The lowest BCUT2D eigenvalue weighted by atomic mass is 10.2. The van der Waals surface area contributed by atoms with Gasteiger partial charge in [-0.1, -0.05) is 0 Å². The number of nitrogens with one attached hydrogen (secondary N) is 2. The molecule has 9 nitrogen and oxygen atoms in total. The van der Waals surface area contributed by atoms with E-state index >= 15 is 0 Å². The minimum Gasteiger partial charge on any atom is -0.481 e. The van der Waals surface area contributed by atoms with Crippen LogP contribution in [0, 0.1) is 0 Å². The molecular weight excluding hydrogens is 486 g/mol. The van der Waals surface area contributed by atoms with Gasteiger partial charge in [-0.25, -0.2) is 9.97 Å². The van der Waals surface area contributed by atoms with Gasteiger partial charge in [-0.05, 0) is 37.2 Å². The number of carbonyl (C=O) groups is 1. The van der Waals surface area contributed by atoms with Crippen molar-refractivity contribution in [3.8, 4) is 5.88 Å². The maximum atomic E-state index is 11.6. The molecule has 0 radical (unpaired) electrons. The van der Waals surface area contributed by atoms with E-state index in [-0.39, 0.29) is 18.3 Å². The Balaban J connectivity index is 0.00000289. The number of halogens is 1. The molecule has 0 spiro atoms. The molecule has 2 aliphatic rings. The van der Waals surface area contributed by atoms with Crippen molar-refractivity contribution in [3.63, 3.8) is 0 Å². The summed E-state index contributed by atoms with van der Waals surface area (Å²) in [5.41, 5.74) is 3.84. The van der Waals surface area contributed by atoms with Gasteiger partial charge in [-0.2, -0.15) is 0 Å². The minimum absolute atomic E-state index is 0. The predicted octanol–water partition coefficient (Wildman–Crippen LogP) is 2.80. The molecule has 0 unspecified atom stereocenters. The fourth-order valence-corrected chi connectivity index (χ4v) is 5.11. The minimum atomic E-state index is 0. The summed E-state index contributed by atoms with van der Waals surface area (Å²) >= 11 is 1.54. The summed E-state index contributed by atoms with van der Waals surface area (Å²) in [5, 5.41) is 6.36. The Labute approximate surface area is 215 Å². The highest BCUT2D eigenvalue weighted by Crippen LogP contribution is 2.29. The Morgan fingerprint density at radius 3 is 2.91 bits per heavy atom. The Bertz CT molecular complexity index is 1180. The molecule has 3 aromatic rings. The lowest BCUT2D eigenvalue weighted by molar-refractivity contribution is -0.113. The highest BCUT2D eigenvalue weighted by molar-refractivity contribution is 8.00. The van der Waals surface area contributed by atoms with Crippen LogP contribution in [0.3, 0.4) is 0 Å². The first-order chi connectivity index (χ1) is 16.7. The lowest BCUT2D eigenvalue weighted by Crippen LogP contribution is -2.35. The molecule has 186 valence electrons. The van der Waals surface area contributed by atoms with Crippen LogP contribution in [0.4, 0.5) is 11.5 Å². The molecule has 0 saturated carbocycles. The third kappa shape index (κ3) is 6.13. The first kappa shape index (κ1) is 25.4. The van der Waals surface area contributed by atoms with Crippen molar-refractivity contribution < 1.29 is 9.53 Å². The summed E-state index contributed by atoms with van der Waals surface area (Å²) in [5.74, 6) is 1.77. The van der Waals surface area contributed by atoms with E-state index in [1.165, 1.54) is 11.8 Å². The number of pyridine rings is 3. The molecular formula is C24H30ClN7O2S. The molecule has 2 aliphatic heterocycles. The standard InChI is InChI=1S/C24H29N7O2S.ClH/c1-33-22-6-4-18-23(29-22)19(7-8-26-18)31-11-2-10-30(13-14-31)12-9-25-15-17-3-5-20-24(27-17)28-21(32)16-34-20;/h3-8,25H,2,9-16H2,1H3,(H,27,28,32);1H. The molecule has 2 N–H and O–H groups in total. The third-order valence-electron chi connectivity index (χ3n) is 6.12. The Morgan fingerprint density at radius 2 is 2.03 bits per heavy atom. The van der Waals surface area contributed by atoms with Crippen molar-refractivity contribution in [1.29, 1.82) is 0 Å². The molecule has 5 rings (SSSR count). The fraction of sp³-hybridized carbons (Fsp3) is 0.417. The van der Waals surface area contributed by atoms with Crippen molar-refractivity contribution in [2.24, 2.45) is 0 Å². The number of amides is 1. The number of ether oxygens (including phenoxy) is 1. The predicted molar refractivity (Wildman–Crippen MR) is 142 cm³/mol. The number of fused-ring (bicyclic) bond motifs is 2. The van der Waals surface area contributed by atoms with Gasteiger partial charge in [0.1, 0.15) is 11.3 Å². The maximum absolute atomic E-state index is 11.6. The van der Waals surface area contributed by atoms with Gasteiger partial charge in [0.25, 0.3) is 0 Å². The van der Waals surface area contributed by atoms with E-state index in [0.717, 1.165) is 73.0 Å². The summed E-state index contributed by atoms with van der Waals surface area (Å²) in [4.78, 5) is 31.3. The van der Waals surface area contributed by atoms with Crippen LogP contribution in [0.5, 0.6) is 5.88 Å². The fourth-order valence-electron chi connectivity index (χ4n) is 4.35. The van der Waals surface area contributed by atoms with Crippen molar-refractivity contribution in [1.82, 2.24) is 25.2 Å². The van der Waals surface area contributed by atoms with Gasteiger partial charge >= 0.3 is 0 Å². The van der Waals surface area contributed by atoms with Gasteiger partial charge in [-0.15, -0.1) is 24.2 Å². The zero-order chi connectivity index (χ0) is 23.3. The summed E-state index contributed by atoms with van der Waals surface area (Å²) in [6.45, 7) is 6.55. The van der Waals surface area contributed by atoms with Crippen LogP contribution in [0.15, 0.2) is 41.4 Å². The summed E-state index contributed by atoms with van der Waals surface area (Å²) < 4.78 is 5.33. The average Bonchev–Trinajstić information content (AvgIpc) is 3.11. The lowest BCUT2D eigenvalue weighted by Gasteiger charge is -2.24. The second kappa shape index (κ2) is 11.9. The van der Waals surface area contributed by atoms with Crippen LogP contribution in [-0.4, -0.2) is 77.9 Å². The van der Waals surface area contributed by atoms with Gasteiger partial charge in [0.05, 0.1) is 34.7 Å². The quantitative estimate of drug-likeness (QED) is 0.460. The average molecular weight is 516 g/mol. The second-order valence-electron chi connectivity index (χ2n) is 8.40. The third-order valence-corrected chi connectivity index (χ3v) is 7.17. The monoisotopic (exact) mass is 515 g/mol. The number of thioether (sulfide) groups is 1. The SMILES string of the molecule is COc1ccc2nccc(N3CCCN(CCNCc4ccc5c(n4)NC(=O)CS5)CC3)c2n1.Cl. The summed E-state index contributed by atoms with van der Waals surface area (Å²) in [7, 11) is 1.64. The Kier molecular flexibility index (Phi) is 8.61. The van der Waals surface area contributed by atoms with Gasteiger partial charge in [0.2, 0.25) is 11.8 Å². The van der Waals surface area contributed by atoms with E-state index in [1.807, 2.05) is 30.5 Å². The molecule has 1 amide bonds. The largest absolute Gasteiger partial charge is 0.481 e. The molecule has 3 aromatic heterocycles. The van der Waals surface area contributed by atoms with E-state index in [4.69, 9.17) is 4.74 Å². The van der Waals surface area contributed by atoms with Gasteiger partial charge in [0, 0.05) is 51.5 Å². The van der Waals surface area contributed by atoms with Crippen LogP contribution >= 0.6 is 24.2 Å². The molecule has 1 saturated heterocycles. The zero-order valence-electron chi connectivity index (χ0n) is 19.7. The highest BCUT2D eigenvalue weighted by Gasteiger charge is 2.19. The molecule has 1 fully saturated rings. The smallest absolute Gasteiger partial charge is 0.235 e. The van der Waals surface area contributed by atoms with Crippen LogP contribution < -0.4 is 20.3 Å². The molecule has 5 heterocycles. The number of methoxy groups -OCH3 is 1. The van der Waals surface area contributed by atoms with Crippen LogP contribution in [0.25, 0.3) is 11.0 Å². The summed E-state index contributed by atoms with van der Waals surface area (Å²) in [6, 6.07) is 9.94. The molecule has 11 heteroatoms. The van der Waals surface area contributed by atoms with Crippen molar-refractivity contribution in [3.05, 3.63) is 42.2 Å². The molecule has 0 bridgehead atoms. The first-order valence-corrected chi connectivity index (χ1v) is 12.6. The van der Waals surface area contributed by atoms with Gasteiger partial charge in [0.15, 0.2) is 0 Å². The zero-order valence-corrected chi connectivity index (χ0v) is 21.3. The van der Waals surface area contributed by atoms with E-state index in [9.17, 15) is 4.79 Å². The molecule has 0 aliphatic carbocycles. The van der Waals surface area contributed by atoms with E-state index < -0.39 is 0 Å². The van der Waals surface area contributed by atoms with Crippen LogP contribution in [0.1, 0.15) is 12.1 Å². The number of hydrogen-bond acceptors (Lipinski definition) is 9. The number of nitrogens with zero attached hydrogens (tertiary/aromatic N) is 5.